The fourth-order valence-corrected chi connectivity index (χ4v) is 3.45. The Balaban J connectivity index is 2.04. The topological polar surface area (TPSA) is 55.1 Å². The standard InChI is InChI=1S/C27H32N2O2/c1-26(2)14-12-22(9-6-21-7-10-23(11-8-21)25(30)31)24(20-29-19-5-18-28-29)13-15-27(3,4)17-16-26/h5-15,18-19H,16-17,20H2,1-4H3,(H,30,31). The van der Waals surface area contributed by atoms with Crippen molar-refractivity contribution in [2.24, 2.45) is 10.8 Å². The third-order valence-corrected chi connectivity index (χ3v) is 5.74. The van der Waals surface area contributed by atoms with Gasteiger partial charge in [-0.25, -0.2) is 4.79 Å². The lowest BCUT2D eigenvalue weighted by Gasteiger charge is -2.28. The molecule has 2 aromatic rings. The molecule has 1 aliphatic carbocycles. The van der Waals surface area contributed by atoms with Gasteiger partial charge in [-0.15, -0.1) is 0 Å². The van der Waals surface area contributed by atoms with Gasteiger partial charge < -0.3 is 5.11 Å². The molecule has 0 fully saturated rings. The van der Waals surface area contributed by atoms with E-state index < -0.39 is 5.97 Å². The molecule has 0 saturated heterocycles. The first-order chi connectivity index (χ1) is 14.6. The van der Waals surface area contributed by atoms with Gasteiger partial charge in [-0.3, -0.25) is 4.68 Å². The second kappa shape index (κ2) is 9.34. The number of allylic oxidation sites excluding steroid dienone is 7. The monoisotopic (exact) mass is 416 g/mol. The van der Waals surface area contributed by atoms with Gasteiger partial charge in [0.1, 0.15) is 0 Å². The molecule has 0 spiro atoms. The van der Waals surface area contributed by atoms with Gasteiger partial charge >= 0.3 is 5.97 Å². The lowest BCUT2D eigenvalue weighted by molar-refractivity contribution is 0.0697. The molecule has 31 heavy (non-hydrogen) atoms. The fourth-order valence-electron chi connectivity index (χ4n) is 3.45. The Morgan fingerprint density at radius 1 is 1.03 bits per heavy atom. The van der Waals surface area contributed by atoms with Crippen LogP contribution in [0.1, 0.15) is 56.5 Å². The Morgan fingerprint density at radius 3 is 2.26 bits per heavy atom. The molecule has 0 amide bonds. The normalized spacial score (nSPS) is 18.5. The van der Waals surface area contributed by atoms with E-state index in [-0.39, 0.29) is 10.8 Å². The minimum atomic E-state index is -0.912. The van der Waals surface area contributed by atoms with Crippen LogP contribution in [0.4, 0.5) is 0 Å². The fraction of sp³-hybridized carbons (Fsp3) is 0.333. The summed E-state index contributed by atoms with van der Waals surface area (Å²) in [6, 6.07) is 8.87. The number of carboxylic acids is 1. The highest BCUT2D eigenvalue weighted by molar-refractivity contribution is 5.87. The lowest BCUT2D eigenvalue weighted by atomic mass is 9.77. The van der Waals surface area contributed by atoms with Crippen LogP contribution in [0.25, 0.3) is 6.08 Å². The molecule has 162 valence electrons. The molecule has 0 unspecified atom stereocenters. The third-order valence-electron chi connectivity index (χ3n) is 5.74. The van der Waals surface area contributed by atoms with Crippen molar-refractivity contribution < 1.29 is 9.90 Å². The number of rotatable bonds is 5. The molecule has 1 N–H and O–H groups in total. The highest BCUT2D eigenvalue weighted by Crippen LogP contribution is 2.35. The molecule has 0 saturated carbocycles. The first-order valence-electron chi connectivity index (χ1n) is 10.7. The van der Waals surface area contributed by atoms with Crippen LogP contribution in [-0.4, -0.2) is 20.9 Å². The molecular weight excluding hydrogens is 384 g/mol. The average Bonchev–Trinajstić information content (AvgIpc) is 3.23. The van der Waals surface area contributed by atoms with Gasteiger partial charge in [-0.05, 0) is 58.6 Å². The Labute approximate surface area is 185 Å². The molecule has 1 heterocycles. The van der Waals surface area contributed by atoms with E-state index in [0.717, 1.165) is 24.0 Å². The van der Waals surface area contributed by atoms with E-state index in [2.05, 4.69) is 63.2 Å². The van der Waals surface area contributed by atoms with Gasteiger partial charge in [0.05, 0.1) is 12.1 Å². The van der Waals surface area contributed by atoms with E-state index in [1.165, 1.54) is 5.57 Å². The second-order valence-electron chi connectivity index (χ2n) is 9.59. The van der Waals surface area contributed by atoms with Crippen LogP contribution in [0, 0.1) is 10.8 Å². The maximum atomic E-state index is 11.1. The van der Waals surface area contributed by atoms with Gasteiger partial charge in [0, 0.05) is 12.4 Å². The molecule has 0 atom stereocenters. The Hall–Kier alpha value is -3.14. The lowest BCUT2D eigenvalue weighted by Crippen LogP contribution is -2.16. The average molecular weight is 417 g/mol. The minimum Gasteiger partial charge on any atom is -0.478 e. The summed E-state index contributed by atoms with van der Waals surface area (Å²) in [5.74, 6) is -0.912. The summed E-state index contributed by atoms with van der Waals surface area (Å²) >= 11 is 0. The van der Waals surface area contributed by atoms with Crippen molar-refractivity contribution in [3.8, 4) is 0 Å². The number of nitrogens with zero attached hydrogens (tertiary/aromatic N) is 2. The van der Waals surface area contributed by atoms with Crippen molar-refractivity contribution >= 4 is 12.0 Å². The molecule has 0 aliphatic heterocycles. The van der Waals surface area contributed by atoms with Crippen molar-refractivity contribution in [1.82, 2.24) is 9.78 Å². The van der Waals surface area contributed by atoms with Crippen LogP contribution in [0.15, 0.2) is 84.3 Å². The number of aromatic nitrogens is 2. The van der Waals surface area contributed by atoms with Gasteiger partial charge in [0.15, 0.2) is 0 Å². The van der Waals surface area contributed by atoms with Crippen LogP contribution in [-0.2, 0) is 6.54 Å². The van der Waals surface area contributed by atoms with Crippen LogP contribution in [0.5, 0.6) is 0 Å². The zero-order valence-electron chi connectivity index (χ0n) is 18.9. The SMILES string of the molecule is CC1(C)C=CC(C=Cc2ccc(C(=O)O)cc2)=C(Cn2cccn2)C=CC(C)(C)CC1. The quantitative estimate of drug-likeness (QED) is 0.601. The first kappa shape index (κ1) is 22.5. The van der Waals surface area contributed by atoms with E-state index >= 15 is 0 Å². The van der Waals surface area contributed by atoms with Crippen LogP contribution >= 0.6 is 0 Å². The summed E-state index contributed by atoms with van der Waals surface area (Å²) in [6.45, 7) is 9.82. The molecule has 0 bridgehead atoms. The molecule has 4 nitrogen and oxygen atoms in total. The Morgan fingerprint density at radius 2 is 1.68 bits per heavy atom. The molecule has 4 heteroatoms. The molecule has 0 radical (unpaired) electrons. The van der Waals surface area contributed by atoms with Crippen molar-refractivity contribution in [3.05, 3.63) is 95.4 Å². The molecule has 1 aromatic carbocycles. The summed E-state index contributed by atoms with van der Waals surface area (Å²) in [6.07, 6.45) is 19.2. The van der Waals surface area contributed by atoms with Crippen molar-refractivity contribution in [2.75, 3.05) is 0 Å². The van der Waals surface area contributed by atoms with Crippen molar-refractivity contribution in [2.45, 2.75) is 47.1 Å². The highest BCUT2D eigenvalue weighted by atomic mass is 16.4. The van der Waals surface area contributed by atoms with Gasteiger partial charge in [-0.1, -0.05) is 76.3 Å². The van der Waals surface area contributed by atoms with Gasteiger partial charge in [0.2, 0.25) is 0 Å². The number of carboxylic acid groups (broad SMARTS) is 1. The summed E-state index contributed by atoms with van der Waals surface area (Å²) in [5.41, 5.74) is 3.77. The zero-order valence-corrected chi connectivity index (χ0v) is 18.9. The number of carbonyl (C=O) groups is 1. The molecule has 1 aromatic heterocycles. The second-order valence-corrected chi connectivity index (χ2v) is 9.59. The van der Waals surface area contributed by atoms with E-state index in [9.17, 15) is 4.79 Å². The predicted octanol–water partition coefficient (Wildman–Crippen LogP) is 6.55. The highest BCUT2D eigenvalue weighted by Gasteiger charge is 2.22. The number of aromatic carboxylic acids is 1. The predicted molar refractivity (Wildman–Crippen MR) is 127 cm³/mol. The summed E-state index contributed by atoms with van der Waals surface area (Å²) in [5, 5.41) is 13.5. The van der Waals surface area contributed by atoms with Gasteiger partial charge in [0.25, 0.3) is 0 Å². The van der Waals surface area contributed by atoms with E-state index in [0.29, 0.717) is 12.1 Å². The number of hydrogen-bond acceptors (Lipinski definition) is 2. The maximum Gasteiger partial charge on any atom is 0.335 e. The smallest absolute Gasteiger partial charge is 0.335 e. The van der Waals surface area contributed by atoms with E-state index in [1.54, 1.807) is 18.3 Å². The minimum absolute atomic E-state index is 0.0987. The van der Waals surface area contributed by atoms with Crippen molar-refractivity contribution in [1.29, 1.82) is 0 Å². The maximum absolute atomic E-state index is 11.1. The van der Waals surface area contributed by atoms with Crippen LogP contribution < -0.4 is 0 Å². The Kier molecular flexibility index (Phi) is 6.79. The molecule has 1 aliphatic rings. The van der Waals surface area contributed by atoms with Gasteiger partial charge in [-0.2, -0.15) is 5.10 Å². The Bertz CT molecular complexity index is 1020. The molecular formula is C27H32N2O2. The van der Waals surface area contributed by atoms with Crippen LogP contribution in [0.3, 0.4) is 0 Å². The number of benzene rings is 1. The first-order valence-corrected chi connectivity index (χ1v) is 10.7. The summed E-state index contributed by atoms with van der Waals surface area (Å²) < 4.78 is 1.94. The summed E-state index contributed by atoms with van der Waals surface area (Å²) in [4.78, 5) is 11.1. The van der Waals surface area contributed by atoms with Crippen molar-refractivity contribution in [3.63, 3.8) is 0 Å². The largest absolute Gasteiger partial charge is 0.478 e. The third kappa shape index (κ3) is 6.68. The number of hydrogen-bond donors (Lipinski definition) is 1. The molecule has 3 rings (SSSR count). The van der Waals surface area contributed by atoms with E-state index in [1.807, 2.05) is 35.2 Å². The van der Waals surface area contributed by atoms with E-state index in [4.69, 9.17) is 5.11 Å². The zero-order chi connectivity index (χ0) is 22.5. The summed E-state index contributed by atoms with van der Waals surface area (Å²) in [7, 11) is 0. The van der Waals surface area contributed by atoms with Crippen LogP contribution in [0.2, 0.25) is 0 Å².